The van der Waals surface area contributed by atoms with Gasteiger partial charge in [-0.05, 0) is 76.7 Å². The molecule has 0 spiro atoms. The number of esters is 1. The maximum Gasteiger partial charge on any atom is 0.306 e. The highest BCUT2D eigenvalue weighted by atomic mass is 16.5. The summed E-state index contributed by atoms with van der Waals surface area (Å²) in [7, 11) is 0. The standard InChI is InChI=1S/C61H107NO5/c1-4-7-10-13-16-19-22-25-28-30-31-33-36-39-42-45-48-51-54-61(66)67-57(52-49-46-43-40-37-34-27-24-21-18-15-12-9-6-3)55-60(65)62-58(56-63)59(64)53-50-47-44-41-38-35-32-29-26-23-20-17-14-11-8-5-2/h9,12,18,21,27-28,30-31,33-34,40,43,49,52,57-59,63-64H,4-8,10-11,13-17,19-20,22-26,29,32,35-39,41-42,44-48,50-51,53-56H2,1-3H3,(H,62,65)/b12-9+,21-18+,30-28+,33-31+,34-27+,43-40+,52-49+. The lowest BCUT2D eigenvalue weighted by Gasteiger charge is -2.23. The number of ether oxygens (including phenoxy) is 1. The average Bonchev–Trinajstić information content (AvgIpc) is 3.32. The third kappa shape index (κ3) is 49.3. The smallest absolute Gasteiger partial charge is 0.306 e. The topological polar surface area (TPSA) is 95.9 Å². The van der Waals surface area contributed by atoms with Gasteiger partial charge in [-0.1, -0.05) is 260 Å². The zero-order valence-electron chi connectivity index (χ0n) is 44.0. The molecule has 0 fully saturated rings. The number of carbonyl (C=O) groups is 2. The minimum Gasteiger partial charge on any atom is -0.458 e. The van der Waals surface area contributed by atoms with E-state index in [1.54, 1.807) is 6.08 Å². The van der Waals surface area contributed by atoms with E-state index in [0.29, 0.717) is 19.3 Å². The molecule has 1 amide bonds. The molecule has 3 atom stereocenters. The first-order valence-corrected chi connectivity index (χ1v) is 28.3. The molecule has 0 heterocycles. The van der Waals surface area contributed by atoms with Crippen LogP contribution < -0.4 is 5.32 Å². The predicted octanol–water partition coefficient (Wildman–Crippen LogP) is 17.5. The van der Waals surface area contributed by atoms with Crippen LogP contribution in [0.5, 0.6) is 0 Å². The second-order valence-electron chi connectivity index (χ2n) is 19.0. The van der Waals surface area contributed by atoms with E-state index in [1.807, 2.05) is 6.08 Å². The van der Waals surface area contributed by atoms with Crippen LogP contribution in [-0.2, 0) is 14.3 Å². The third-order valence-electron chi connectivity index (χ3n) is 12.5. The zero-order valence-corrected chi connectivity index (χ0v) is 44.0. The summed E-state index contributed by atoms with van der Waals surface area (Å²) in [6.45, 7) is 6.34. The van der Waals surface area contributed by atoms with Gasteiger partial charge in [0, 0.05) is 6.42 Å². The number of nitrogens with one attached hydrogen (secondary N) is 1. The Bertz CT molecular complexity index is 1280. The highest BCUT2D eigenvalue weighted by molar-refractivity contribution is 5.78. The van der Waals surface area contributed by atoms with Gasteiger partial charge in [0.15, 0.2) is 0 Å². The monoisotopic (exact) mass is 934 g/mol. The molecular formula is C61H107NO5. The molecule has 0 aliphatic rings. The van der Waals surface area contributed by atoms with Gasteiger partial charge >= 0.3 is 5.97 Å². The Kier molecular flexibility index (Phi) is 51.6. The molecule has 0 rings (SSSR count). The van der Waals surface area contributed by atoms with Crippen molar-refractivity contribution in [2.45, 2.75) is 283 Å². The van der Waals surface area contributed by atoms with Crippen LogP contribution >= 0.6 is 0 Å². The highest BCUT2D eigenvalue weighted by Crippen LogP contribution is 2.16. The summed E-state index contributed by atoms with van der Waals surface area (Å²) in [6, 6.07) is -0.750. The van der Waals surface area contributed by atoms with E-state index in [2.05, 4.69) is 99.0 Å². The van der Waals surface area contributed by atoms with E-state index >= 15 is 0 Å². The van der Waals surface area contributed by atoms with E-state index < -0.39 is 18.2 Å². The number of rotatable bonds is 50. The normalized spacial score (nSPS) is 13.8. The van der Waals surface area contributed by atoms with Crippen LogP contribution in [-0.4, -0.2) is 46.9 Å². The summed E-state index contributed by atoms with van der Waals surface area (Å²) < 4.78 is 5.83. The van der Waals surface area contributed by atoms with Crippen LogP contribution in [0.15, 0.2) is 85.1 Å². The van der Waals surface area contributed by atoms with E-state index in [4.69, 9.17) is 4.74 Å². The van der Waals surface area contributed by atoms with Crippen molar-refractivity contribution >= 4 is 11.9 Å². The van der Waals surface area contributed by atoms with Crippen molar-refractivity contribution in [2.24, 2.45) is 0 Å². The molecule has 386 valence electrons. The minimum atomic E-state index is -0.826. The second kappa shape index (κ2) is 54.0. The predicted molar refractivity (Wildman–Crippen MR) is 291 cm³/mol. The van der Waals surface area contributed by atoms with Crippen LogP contribution in [0.25, 0.3) is 0 Å². The van der Waals surface area contributed by atoms with E-state index in [9.17, 15) is 19.8 Å². The third-order valence-corrected chi connectivity index (χ3v) is 12.5. The van der Waals surface area contributed by atoms with Crippen LogP contribution in [0.1, 0.15) is 265 Å². The summed E-state index contributed by atoms with van der Waals surface area (Å²) in [6.07, 6.45) is 71.1. The number of unbranched alkanes of at least 4 members (excludes halogenated alkanes) is 27. The number of allylic oxidation sites excluding steroid dienone is 13. The summed E-state index contributed by atoms with van der Waals surface area (Å²) in [5, 5.41) is 23.8. The highest BCUT2D eigenvalue weighted by Gasteiger charge is 2.23. The fraction of sp³-hybridized carbons (Fsp3) is 0.738. The van der Waals surface area contributed by atoms with Crippen molar-refractivity contribution < 1.29 is 24.5 Å². The first kappa shape index (κ1) is 64.0. The minimum absolute atomic E-state index is 0.0550. The van der Waals surface area contributed by atoms with Crippen molar-refractivity contribution in [1.29, 1.82) is 0 Å². The van der Waals surface area contributed by atoms with Crippen LogP contribution in [0.4, 0.5) is 0 Å². The Hall–Kier alpha value is -2.96. The lowest BCUT2D eigenvalue weighted by molar-refractivity contribution is -0.148. The Morgan fingerprint density at radius 3 is 1.30 bits per heavy atom. The number of hydrogen-bond donors (Lipinski definition) is 3. The molecule has 67 heavy (non-hydrogen) atoms. The molecule has 0 aromatic rings. The fourth-order valence-corrected chi connectivity index (χ4v) is 8.21. The van der Waals surface area contributed by atoms with Crippen molar-refractivity contribution in [2.75, 3.05) is 6.61 Å². The van der Waals surface area contributed by atoms with Crippen LogP contribution in [0, 0.1) is 0 Å². The summed E-state index contributed by atoms with van der Waals surface area (Å²) in [4.78, 5) is 26.2. The average molecular weight is 935 g/mol. The first-order chi connectivity index (χ1) is 33.0. The van der Waals surface area contributed by atoms with Gasteiger partial charge in [0.05, 0.1) is 25.2 Å². The van der Waals surface area contributed by atoms with Crippen molar-refractivity contribution in [3.63, 3.8) is 0 Å². The number of aliphatic hydroxyl groups is 2. The van der Waals surface area contributed by atoms with Gasteiger partial charge in [0.2, 0.25) is 5.91 Å². The molecule has 0 aromatic carbocycles. The van der Waals surface area contributed by atoms with Gasteiger partial charge in [-0.25, -0.2) is 0 Å². The second-order valence-corrected chi connectivity index (χ2v) is 19.0. The Labute approximate surface area is 414 Å². The molecule has 0 aliphatic carbocycles. The molecule has 0 aliphatic heterocycles. The largest absolute Gasteiger partial charge is 0.458 e. The SMILES string of the molecule is CC/C=C/C/C=C/C/C=C/C/C=C/C/C=C/C(CC(=O)NC(CO)C(O)CCCCCCCCCCCCCCCCCC)OC(=O)CCCCCCC/C=C/C=C/CCCCCCCCC. The quantitative estimate of drug-likeness (QED) is 0.0244. The molecule has 3 N–H and O–H groups in total. The molecule has 0 aromatic heterocycles. The van der Waals surface area contributed by atoms with Crippen molar-refractivity contribution in [1.82, 2.24) is 5.32 Å². The Morgan fingerprint density at radius 1 is 0.478 bits per heavy atom. The molecule has 0 bridgehead atoms. The van der Waals surface area contributed by atoms with Gasteiger partial charge < -0.3 is 20.3 Å². The Morgan fingerprint density at radius 2 is 0.866 bits per heavy atom. The molecule has 0 saturated heterocycles. The first-order valence-electron chi connectivity index (χ1n) is 28.3. The molecule has 3 unspecified atom stereocenters. The van der Waals surface area contributed by atoms with Crippen LogP contribution in [0.3, 0.4) is 0 Å². The summed E-state index contributed by atoms with van der Waals surface area (Å²) >= 11 is 0. The van der Waals surface area contributed by atoms with Gasteiger partial charge in [-0.15, -0.1) is 0 Å². The van der Waals surface area contributed by atoms with Gasteiger partial charge in [-0.2, -0.15) is 0 Å². The van der Waals surface area contributed by atoms with Crippen molar-refractivity contribution in [3.8, 4) is 0 Å². The molecule has 0 saturated carbocycles. The van der Waals surface area contributed by atoms with E-state index in [1.165, 1.54) is 135 Å². The Balaban J connectivity index is 4.68. The number of aliphatic hydroxyl groups excluding tert-OH is 2. The molecule has 6 nitrogen and oxygen atoms in total. The van der Waals surface area contributed by atoms with E-state index in [-0.39, 0.29) is 24.9 Å². The molecular weight excluding hydrogens is 827 g/mol. The number of carbonyl (C=O) groups excluding carboxylic acids is 2. The summed E-state index contributed by atoms with van der Waals surface area (Å²) in [5.41, 5.74) is 0. The van der Waals surface area contributed by atoms with Crippen molar-refractivity contribution in [3.05, 3.63) is 85.1 Å². The number of amides is 1. The van der Waals surface area contributed by atoms with Gasteiger partial charge in [0.1, 0.15) is 6.10 Å². The van der Waals surface area contributed by atoms with Gasteiger partial charge in [-0.3, -0.25) is 9.59 Å². The lowest BCUT2D eigenvalue weighted by Crippen LogP contribution is -2.46. The lowest BCUT2D eigenvalue weighted by atomic mass is 10.0. The zero-order chi connectivity index (χ0) is 48.8. The maximum absolute atomic E-state index is 13.2. The van der Waals surface area contributed by atoms with Crippen LogP contribution in [0.2, 0.25) is 0 Å². The number of hydrogen-bond acceptors (Lipinski definition) is 5. The van der Waals surface area contributed by atoms with Gasteiger partial charge in [0.25, 0.3) is 0 Å². The van der Waals surface area contributed by atoms with E-state index in [0.717, 1.165) is 83.5 Å². The fourth-order valence-electron chi connectivity index (χ4n) is 8.21. The maximum atomic E-state index is 13.2. The molecule has 6 heteroatoms. The molecule has 0 radical (unpaired) electrons. The summed E-state index contributed by atoms with van der Waals surface area (Å²) in [5.74, 6) is -0.645.